The van der Waals surface area contributed by atoms with Gasteiger partial charge in [0, 0.05) is 24.7 Å². The van der Waals surface area contributed by atoms with Crippen LogP contribution in [0.5, 0.6) is 5.75 Å². The summed E-state index contributed by atoms with van der Waals surface area (Å²) >= 11 is 11.9. The van der Waals surface area contributed by atoms with Gasteiger partial charge in [-0.3, -0.25) is 4.79 Å². The molecule has 1 aliphatic heterocycles. The molecule has 0 aromatic heterocycles. The van der Waals surface area contributed by atoms with Gasteiger partial charge in [0.15, 0.2) is 6.61 Å². The Morgan fingerprint density at radius 3 is 2.95 bits per heavy atom. The highest BCUT2D eigenvalue weighted by Gasteiger charge is 2.24. The largest absolute Gasteiger partial charge is 0.482 e. The molecule has 1 amide bonds. The lowest BCUT2D eigenvalue weighted by molar-refractivity contribution is -0.135. The van der Waals surface area contributed by atoms with E-state index < -0.39 is 0 Å². The minimum Gasteiger partial charge on any atom is -0.482 e. The fourth-order valence-electron chi connectivity index (χ4n) is 2.54. The topological polar surface area (TPSA) is 38.8 Å². The molecule has 1 fully saturated rings. The first-order chi connectivity index (χ1) is 10.6. The van der Waals surface area contributed by atoms with Gasteiger partial charge in [-0.1, -0.05) is 23.2 Å². The third-order valence-electron chi connectivity index (χ3n) is 3.67. The summed E-state index contributed by atoms with van der Waals surface area (Å²) in [7, 11) is 0. The second-order valence-electron chi connectivity index (χ2n) is 5.37. The molecule has 1 unspecified atom stereocenters. The highest BCUT2D eigenvalue weighted by Crippen LogP contribution is 2.27. The fraction of sp³-hybridized carbons (Fsp3) is 0.562. The number of hydrogen-bond donors (Lipinski definition) is 0. The molecule has 0 spiro atoms. The second-order valence-corrected chi connectivity index (χ2v) is 6.21. The van der Waals surface area contributed by atoms with Crippen LogP contribution in [0.3, 0.4) is 0 Å². The number of ether oxygens (including phenoxy) is 2. The van der Waals surface area contributed by atoms with Crippen molar-refractivity contribution in [3.63, 3.8) is 0 Å². The predicted molar refractivity (Wildman–Crippen MR) is 87.8 cm³/mol. The molecule has 1 aromatic rings. The van der Waals surface area contributed by atoms with Crippen molar-refractivity contribution in [1.82, 2.24) is 4.90 Å². The average molecular weight is 346 g/mol. The lowest BCUT2D eigenvalue weighted by Crippen LogP contribution is -2.43. The molecule has 1 aromatic carbocycles. The SMILES string of the molecule is CCOCC1CCCN(C(=O)COc2ccc(Cl)cc2Cl)C1. The van der Waals surface area contributed by atoms with Gasteiger partial charge < -0.3 is 14.4 Å². The molecule has 0 saturated carbocycles. The molecule has 1 saturated heterocycles. The van der Waals surface area contributed by atoms with Gasteiger partial charge in [-0.05, 0) is 43.9 Å². The number of carbonyl (C=O) groups excluding carboxylic acids is 1. The summed E-state index contributed by atoms with van der Waals surface area (Å²) in [5.74, 6) is 0.867. The number of amides is 1. The van der Waals surface area contributed by atoms with E-state index in [-0.39, 0.29) is 12.5 Å². The molecule has 1 atom stereocenters. The monoisotopic (exact) mass is 345 g/mol. The maximum Gasteiger partial charge on any atom is 0.260 e. The van der Waals surface area contributed by atoms with Crippen LogP contribution in [0, 0.1) is 5.92 Å². The number of rotatable bonds is 6. The molecule has 6 heteroatoms. The molecule has 0 N–H and O–H groups in total. The van der Waals surface area contributed by atoms with E-state index in [0.717, 1.165) is 25.9 Å². The summed E-state index contributed by atoms with van der Waals surface area (Å²) in [6.07, 6.45) is 2.11. The summed E-state index contributed by atoms with van der Waals surface area (Å²) in [6.45, 7) is 4.90. The van der Waals surface area contributed by atoms with Crippen molar-refractivity contribution >= 4 is 29.1 Å². The first-order valence-electron chi connectivity index (χ1n) is 7.53. The Morgan fingerprint density at radius 2 is 2.23 bits per heavy atom. The van der Waals surface area contributed by atoms with Crippen LogP contribution in [-0.2, 0) is 9.53 Å². The zero-order valence-electron chi connectivity index (χ0n) is 12.7. The maximum atomic E-state index is 12.3. The van der Waals surface area contributed by atoms with Crippen molar-refractivity contribution in [3.05, 3.63) is 28.2 Å². The normalized spacial score (nSPS) is 18.3. The molecule has 0 aliphatic carbocycles. The Hall–Kier alpha value is -0.970. The zero-order valence-corrected chi connectivity index (χ0v) is 14.2. The summed E-state index contributed by atoms with van der Waals surface area (Å²) in [5, 5.41) is 0.951. The Morgan fingerprint density at radius 1 is 1.41 bits per heavy atom. The van der Waals surface area contributed by atoms with Crippen LogP contribution < -0.4 is 4.74 Å². The number of benzene rings is 1. The first kappa shape index (κ1) is 17.4. The van der Waals surface area contributed by atoms with Gasteiger partial charge in [0.2, 0.25) is 0 Å². The highest BCUT2D eigenvalue weighted by molar-refractivity contribution is 6.35. The van der Waals surface area contributed by atoms with E-state index in [9.17, 15) is 4.79 Å². The van der Waals surface area contributed by atoms with Crippen molar-refractivity contribution in [1.29, 1.82) is 0 Å². The van der Waals surface area contributed by atoms with Crippen LogP contribution in [-0.4, -0.2) is 43.7 Å². The van der Waals surface area contributed by atoms with E-state index in [1.807, 2.05) is 11.8 Å². The van der Waals surface area contributed by atoms with Gasteiger partial charge in [0.25, 0.3) is 5.91 Å². The summed E-state index contributed by atoms with van der Waals surface area (Å²) in [4.78, 5) is 14.1. The number of likely N-dealkylation sites (tertiary alicyclic amines) is 1. The molecule has 4 nitrogen and oxygen atoms in total. The Labute approximate surface area is 141 Å². The van der Waals surface area contributed by atoms with Crippen molar-refractivity contribution in [2.75, 3.05) is 32.9 Å². The molecule has 1 heterocycles. The van der Waals surface area contributed by atoms with E-state index in [1.165, 1.54) is 0 Å². The van der Waals surface area contributed by atoms with Gasteiger partial charge in [0.1, 0.15) is 5.75 Å². The first-order valence-corrected chi connectivity index (χ1v) is 8.29. The van der Waals surface area contributed by atoms with E-state index >= 15 is 0 Å². The molecule has 122 valence electrons. The number of piperidine rings is 1. The molecule has 0 bridgehead atoms. The molecular formula is C16H21Cl2NO3. The lowest BCUT2D eigenvalue weighted by Gasteiger charge is -2.32. The Kier molecular flexibility index (Phi) is 6.80. The lowest BCUT2D eigenvalue weighted by atomic mass is 9.99. The van der Waals surface area contributed by atoms with Gasteiger partial charge >= 0.3 is 0 Å². The van der Waals surface area contributed by atoms with Crippen molar-refractivity contribution in [2.24, 2.45) is 5.92 Å². The van der Waals surface area contributed by atoms with Crippen molar-refractivity contribution in [2.45, 2.75) is 19.8 Å². The van der Waals surface area contributed by atoms with E-state index in [0.29, 0.717) is 34.9 Å². The zero-order chi connectivity index (χ0) is 15.9. The molecule has 0 radical (unpaired) electrons. The van der Waals surface area contributed by atoms with E-state index in [2.05, 4.69) is 0 Å². The fourth-order valence-corrected chi connectivity index (χ4v) is 3.00. The summed E-state index contributed by atoms with van der Waals surface area (Å²) in [5.41, 5.74) is 0. The van der Waals surface area contributed by atoms with Gasteiger partial charge in [-0.25, -0.2) is 0 Å². The number of hydrogen-bond acceptors (Lipinski definition) is 3. The van der Waals surface area contributed by atoms with Crippen molar-refractivity contribution in [3.8, 4) is 5.75 Å². The van der Waals surface area contributed by atoms with Crippen LogP contribution in [0.4, 0.5) is 0 Å². The maximum absolute atomic E-state index is 12.3. The van der Waals surface area contributed by atoms with Crippen molar-refractivity contribution < 1.29 is 14.3 Å². The number of nitrogens with zero attached hydrogens (tertiary/aromatic N) is 1. The smallest absolute Gasteiger partial charge is 0.260 e. The van der Waals surface area contributed by atoms with Crippen LogP contribution in [0.2, 0.25) is 10.0 Å². The predicted octanol–water partition coefficient (Wildman–Crippen LogP) is 3.65. The minimum atomic E-state index is -0.0211. The van der Waals surface area contributed by atoms with E-state index in [1.54, 1.807) is 18.2 Å². The average Bonchev–Trinajstić information content (AvgIpc) is 2.52. The van der Waals surface area contributed by atoms with Crippen LogP contribution in [0.15, 0.2) is 18.2 Å². The number of halogens is 2. The highest BCUT2D eigenvalue weighted by atomic mass is 35.5. The van der Waals surface area contributed by atoms with Crippen LogP contribution in [0.25, 0.3) is 0 Å². The Balaban J connectivity index is 1.83. The van der Waals surface area contributed by atoms with Crippen LogP contribution >= 0.6 is 23.2 Å². The minimum absolute atomic E-state index is 0.0112. The molecule has 2 rings (SSSR count). The third kappa shape index (κ3) is 5.04. The van der Waals surface area contributed by atoms with Gasteiger partial charge in [-0.2, -0.15) is 0 Å². The summed E-state index contributed by atoms with van der Waals surface area (Å²) in [6, 6.07) is 4.96. The second kappa shape index (κ2) is 8.61. The van der Waals surface area contributed by atoms with Gasteiger partial charge in [-0.15, -0.1) is 0 Å². The van der Waals surface area contributed by atoms with E-state index in [4.69, 9.17) is 32.7 Å². The standard InChI is InChI=1S/C16H21Cl2NO3/c1-2-21-10-12-4-3-7-19(9-12)16(20)11-22-15-6-5-13(17)8-14(15)18/h5-6,8,12H,2-4,7,9-11H2,1H3. The molecule has 22 heavy (non-hydrogen) atoms. The quantitative estimate of drug-likeness (QED) is 0.789. The molecule has 1 aliphatic rings. The molecular weight excluding hydrogens is 325 g/mol. The summed E-state index contributed by atoms with van der Waals surface area (Å²) < 4.78 is 11.0. The van der Waals surface area contributed by atoms with Gasteiger partial charge in [0.05, 0.1) is 11.6 Å². The van der Waals surface area contributed by atoms with Crippen LogP contribution in [0.1, 0.15) is 19.8 Å². The Bertz CT molecular complexity index is 510. The number of carbonyl (C=O) groups is 1. The third-order valence-corrected chi connectivity index (χ3v) is 4.20.